The zero-order chi connectivity index (χ0) is 14.2. The third kappa shape index (κ3) is 4.09. The van der Waals surface area contributed by atoms with E-state index in [2.05, 4.69) is 10.5 Å². The van der Waals surface area contributed by atoms with Gasteiger partial charge in [-0.25, -0.2) is 0 Å². The maximum Gasteiger partial charge on any atom is 0.150 e. The van der Waals surface area contributed by atoms with Gasteiger partial charge in [0.25, 0.3) is 0 Å². The van der Waals surface area contributed by atoms with Crippen LogP contribution in [0.3, 0.4) is 0 Å². The summed E-state index contributed by atoms with van der Waals surface area (Å²) in [6.45, 7) is 0.962. The van der Waals surface area contributed by atoms with Crippen molar-refractivity contribution in [2.45, 2.75) is 12.6 Å². The van der Waals surface area contributed by atoms with Crippen LogP contribution in [0.15, 0.2) is 41.1 Å². The zero-order valence-electron chi connectivity index (χ0n) is 10.8. The Hall–Kier alpha value is -2.36. The van der Waals surface area contributed by atoms with E-state index in [-0.39, 0.29) is 6.61 Å². The van der Waals surface area contributed by atoms with Crippen LogP contribution in [-0.4, -0.2) is 29.5 Å². The van der Waals surface area contributed by atoms with Crippen molar-refractivity contribution in [3.8, 4) is 11.8 Å². The van der Waals surface area contributed by atoms with E-state index in [4.69, 9.17) is 14.5 Å². The zero-order valence-corrected chi connectivity index (χ0v) is 10.8. The molecule has 1 aromatic carbocycles. The molecular formula is C14H15N3O3. The number of nitrogens with zero attached hydrogens (tertiary/aromatic N) is 2. The monoisotopic (exact) mass is 273 g/mol. The highest BCUT2D eigenvalue weighted by Gasteiger charge is 2.08. The lowest BCUT2D eigenvalue weighted by Gasteiger charge is -2.13. The summed E-state index contributed by atoms with van der Waals surface area (Å²) >= 11 is 0. The van der Waals surface area contributed by atoms with Gasteiger partial charge in [0.2, 0.25) is 0 Å². The molecule has 2 rings (SSSR count). The second-order valence-corrected chi connectivity index (χ2v) is 4.18. The maximum absolute atomic E-state index is 9.79. The lowest BCUT2D eigenvalue weighted by molar-refractivity contribution is 0.105. The molecule has 0 radical (unpaired) electrons. The molecule has 2 N–H and O–H groups in total. The van der Waals surface area contributed by atoms with E-state index in [1.54, 1.807) is 36.5 Å². The van der Waals surface area contributed by atoms with Crippen molar-refractivity contribution < 1.29 is 14.4 Å². The fourth-order valence-electron chi connectivity index (χ4n) is 1.63. The molecule has 0 fully saturated rings. The highest BCUT2D eigenvalue weighted by atomic mass is 16.5. The van der Waals surface area contributed by atoms with Crippen molar-refractivity contribution in [1.82, 2.24) is 10.5 Å². The second kappa shape index (κ2) is 7.28. The Morgan fingerprint density at radius 1 is 1.40 bits per heavy atom. The predicted molar refractivity (Wildman–Crippen MR) is 70.9 cm³/mol. The molecule has 0 aliphatic rings. The quantitative estimate of drug-likeness (QED) is 0.784. The number of nitriles is 1. The molecule has 0 saturated carbocycles. The van der Waals surface area contributed by atoms with Gasteiger partial charge in [0, 0.05) is 12.6 Å². The Balaban J connectivity index is 1.72. The van der Waals surface area contributed by atoms with E-state index in [0.29, 0.717) is 30.2 Å². The lowest BCUT2D eigenvalue weighted by atomic mass is 10.2. The molecule has 6 nitrogen and oxygen atoms in total. The molecule has 2 aromatic rings. The summed E-state index contributed by atoms with van der Waals surface area (Å²) in [5, 5.41) is 25.3. The molecule has 0 spiro atoms. The van der Waals surface area contributed by atoms with Crippen molar-refractivity contribution in [2.24, 2.45) is 0 Å². The molecule has 1 unspecified atom stereocenters. The standard InChI is InChI=1S/C14H15N3O3/c15-7-11-3-1-2-4-14(11)19-10-12(18)8-16-9-13-5-6-17-20-13/h1-6,12,16,18H,8-10H2. The second-order valence-electron chi connectivity index (χ2n) is 4.18. The number of para-hydroxylation sites is 1. The number of benzene rings is 1. The van der Waals surface area contributed by atoms with Crippen LogP contribution in [0, 0.1) is 11.3 Å². The molecular weight excluding hydrogens is 258 g/mol. The van der Waals surface area contributed by atoms with Crippen LogP contribution in [0.4, 0.5) is 0 Å². The first kappa shape index (κ1) is 14.1. The Kier molecular flexibility index (Phi) is 5.12. The fraction of sp³-hybridized carbons (Fsp3) is 0.286. The summed E-state index contributed by atoms with van der Waals surface area (Å²) < 4.78 is 10.3. The molecule has 0 aliphatic heterocycles. The van der Waals surface area contributed by atoms with Gasteiger partial charge in [0.1, 0.15) is 30.3 Å². The fourth-order valence-corrected chi connectivity index (χ4v) is 1.63. The summed E-state index contributed by atoms with van der Waals surface area (Å²) in [7, 11) is 0. The maximum atomic E-state index is 9.79. The van der Waals surface area contributed by atoms with E-state index in [0.717, 1.165) is 0 Å². The van der Waals surface area contributed by atoms with E-state index >= 15 is 0 Å². The van der Waals surface area contributed by atoms with Gasteiger partial charge < -0.3 is 19.7 Å². The van der Waals surface area contributed by atoms with Gasteiger partial charge in [0.15, 0.2) is 0 Å². The number of hydrogen-bond acceptors (Lipinski definition) is 6. The van der Waals surface area contributed by atoms with Crippen molar-refractivity contribution >= 4 is 0 Å². The van der Waals surface area contributed by atoms with Crippen molar-refractivity contribution in [2.75, 3.05) is 13.2 Å². The smallest absolute Gasteiger partial charge is 0.150 e. The third-order valence-electron chi connectivity index (χ3n) is 2.61. The molecule has 6 heteroatoms. The number of aromatic nitrogens is 1. The number of ether oxygens (including phenoxy) is 1. The minimum atomic E-state index is -0.676. The van der Waals surface area contributed by atoms with E-state index < -0.39 is 6.10 Å². The van der Waals surface area contributed by atoms with Crippen molar-refractivity contribution in [3.63, 3.8) is 0 Å². The largest absolute Gasteiger partial charge is 0.489 e. The summed E-state index contributed by atoms with van der Waals surface area (Å²) in [4.78, 5) is 0. The third-order valence-corrected chi connectivity index (χ3v) is 2.61. The minimum Gasteiger partial charge on any atom is -0.489 e. The van der Waals surface area contributed by atoms with Crippen LogP contribution in [0.5, 0.6) is 5.75 Å². The van der Waals surface area contributed by atoms with Crippen LogP contribution in [-0.2, 0) is 6.54 Å². The van der Waals surface area contributed by atoms with Gasteiger partial charge in [-0.3, -0.25) is 0 Å². The van der Waals surface area contributed by atoms with Gasteiger partial charge in [-0.1, -0.05) is 17.3 Å². The number of hydrogen-bond donors (Lipinski definition) is 2. The number of nitrogens with one attached hydrogen (secondary N) is 1. The van der Waals surface area contributed by atoms with Gasteiger partial charge in [-0.05, 0) is 12.1 Å². The van der Waals surface area contributed by atoms with Crippen LogP contribution < -0.4 is 10.1 Å². The average Bonchev–Trinajstić information content (AvgIpc) is 2.98. The Morgan fingerprint density at radius 2 is 2.25 bits per heavy atom. The van der Waals surface area contributed by atoms with E-state index in [9.17, 15) is 5.11 Å². The highest BCUT2D eigenvalue weighted by Crippen LogP contribution is 2.16. The van der Waals surface area contributed by atoms with Gasteiger partial charge in [-0.2, -0.15) is 5.26 Å². The Labute approximate surface area is 116 Å². The number of aliphatic hydroxyl groups excluding tert-OH is 1. The number of aliphatic hydroxyl groups is 1. The average molecular weight is 273 g/mol. The normalized spacial score (nSPS) is 11.8. The first-order valence-corrected chi connectivity index (χ1v) is 6.20. The summed E-state index contributed by atoms with van der Waals surface area (Å²) in [6.07, 6.45) is 0.889. The molecule has 104 valence electrons. The molecule has 0 aliphatic carbocycles. The molecule has 20 heavy (non-hydrogen) atoms. The molecule has 0 saturated heterocycles. The SMILES string of the molecule is N#Cc1ccccc1OCC(O)CNCc1ccno1. The Bertz CT molecular complexity index is 563. The van der Waals surface area contributed by atoms with Crippen molar-refractivity contribution in [1.29, 1.82) is 5.26 Å². The molecule has 0 amide bonds. The first-order chi connectivity index (χ1) is 9.79. The van der Waals surface area contributed by atoms with Crippen LogP contribution in [0.1, 0.15) is 11.3 Å². The van der Waals surface area contributed by atoms with Gasteiger partial charge in [0.05, 0.1) is 18.3 Å². The lowest BCUT2D eigenvalue weighted by Crippen LogP contribution is -2.31. The Morgan fingerprint density at radius 3 is 3.00 bits per heavy atom. The van der Waals surface area contributed by atoms with Gasteiger partial charge in [-0.15, -0.1) is 0 Å². The van der Waals surface area contributed by atoms with E-state index in [1.165, 1.54) is 0 Å². The van der Waals surface area contributed by atoms with Crippen LogP contribution in [0.2, 0.25) is 0 Å². The summed E-state index contributed by atoms with van der Waals surface area (Å²) in [5.74, 6) is 1.18. The van der Waals surface area contributed by atoms with E-state index in [1.807, 2.05) is 6.07 Å². The summed E-state index contributed by atoms with van der Waals surface area (Å²) in [5.41, 5.74) is 0.453. The topological polar surface area (TPSA) is 91.3 Å². The van der Waals surface area contributed by atoms with Crippen LogP contribution >= 0.6 is 0 Å². The van der Waals surface area contributed by atoms with Crippen molar-refractivity contribution in [3.05, 3.63) is 47.9 Å². The minimum absolute atomic E-state index is 0.113. The molecule has 1 atom stereocenters. The molecule has 0 bridgehead atoms. The molecule has 1 aromatic heterocycles. The number of rotatable bonds is 7. The summed E-state index contributed by atoms with van der Waals surface area (Å²) in [6, 6.07) is 10.7. The first-order valence-electron chi connectivity index (χ1n) is 6.20. The molecule has 1 heterocycles. The van der Waals surface area contributed by atoms with Crippen LogP contribution in [0.25, 0.3) is 0 Å². The highest BCUT2D eigenvalue weighted by molar-refractivity contribution is 5.42. The predicted octanol–water partition coefficient (Wildman–Crippen LogP) is 1.08. The van der Waals surface area contributed by atoms with Gasteiger partial charge >= 0.3 is 0 Å².